The average molecular weight is 304 g/mol. The fourth-order valence-electron chi connectivity index (χ4n) is 3.61. The minimum absolute atomic E-state index is 0.395. The maximum absolute atomic E-state index is 11.9. The second-order valence-electron chi connectivity index (χ2n) is 6.13. The van der Waals surface area contributed by atoms with E-state index in [1.807, 2.05) is 42.5 Å². The van der Waals surface area contributed by atoms with E-state index in [1.165, 1.54) is 6.26 Å². The van der Waals surface area contributed by atoms with Crippen LogP contribution in [-0.2, 0) is 16.3 Å². The Morgan fingerprint density at radius 1 is 1.19 bits per heavy atom. The van der Waals surface area contributed by atoms with Crippen molar-refractivity contribution in [2.24, 2.45) is 0 Å². The largest absolute Gasteiger partial charge is 0.388 e. The Kier molecular flexibility index (Phi) is 3.54. The summed E-state index contributed by atoms with van der Waals surface area (Å²) in [6, 6.07) is 14.0. The first-order valence-corrected chi connectivity index (χ1v) is 9.23. The van der Waals surface area contributed by atoms with Crippen molar-refractivity contribution in [3.63, 3.8) is 0 Å². The molecule has 1 aliphatic rings. The van der Waals surface area contributed by atoms with Crippen molar-refractivity contribution in [1.29, 1.82) is 0 Å². The summed E-state index contributed by atoms with van der Waals surface area (Å²) in [6.45, 7) is 0. The number of aliphatic hydroxyl groups is 1. The SMILES string of the molecule is CS(=O)(=O)C1CCCC1(O)Cc1cccc2ccccc12. The minimum atomic E-state index is -3.23. The molecule has 1 aliphatic carbocycles. The van der Waals surface area contributed by atoms with Crippen LogP contribution in [0, 0.1) is 0 Å². The van der Waals surface area contributed by atoms with Crippen molar-refractivity contribution in [3.05, 3.63) is 48.0 Å². The molecule has 0 aliphatic heterocycles. The average Bonchev–Trinajstić information content (AvgIpc) is 2.81. The van der Waals surface area contributed by atoms with Gasteiger partial charge in [-0.1, -0.05) is 42.5 Å². The highest BCUT2D eigenvalue weighted by Gasteiger charge is 2.46. The van der Waals surface area contributed by atoms with Gasteiger partial charge in [0.15, 0.2) is 9.84 Å². The third kappa shape index (κ3) is 2.70. The van der Waals surface area contributed by atoms with Crippen LogP contribution in [-0.4, -0.2) is 30.6 Å². The Morgan fingerprint density at radius 3 is 2.67 bits per heavy atom. The van der Waals surface area contributed by atoms with E-state index in [-0.39, 0.29) is 0 Å². The van der Waals surface area contributed by atoms with Crippen LogP contribution >= 0.6 is 0 Å². The summed E-state index contributed by atoms with van der Waals surface area (Å²) in [7, 11) is -3.23. The Balaban J connectivity index is 2.02. The normalized spacial score (nSPS) is 26.3. The summed E-state index contributed by atoms with van der Waals surface area (Å²) in [6.07, 6.45) is 3.50. The molecule has 1 fully saturated rings. The van der Waals surface area contributed by atoms with Gasteiger partial charge >= 0.3 is 0 Å². The molecule has 21 heavy (non-hydrogen) atoms. The molecule has 0 heterocycles. The molecule has 2 unspecified atom stereocenters. The van der Waals surface area contributed by atoms with Crippen molar-refractivity contribution in [2.45, 2.75) is 36.5 Å². The zero-order valence-electron chi connectivity index (χ0n) is 12.1. The van der Waals surface area contributed by atoms with Crippen molar-refractivity contribution in [2.75, 3.05) is 6.26 Å². The van der Waals surface area contributed by atoms with Crippen LogP contribution in [0.5, 0.6) is 0 Å². The Hall–Kier alpha value is -1.39. The number of rotatable bonds is 3. The highest BCUT2D eigenvalue weighted by Crippen LogP contribution is 2.38. The van der Waals surface area contributed by atoms with E-state index in [0.717, 1.165) is 22.8 Å². The topological polar surface area (TPSA) is 54.4 Å². The number of hydrogen-bond donors (Lipinski definition) is 1. The molecule has 112 valence electrons. The summed E-state index contributed by atoms with van der Waals surface area (Å²) in [5, 5.41) is 12.5. The third-order valence-electron chi connectivity index (χ3n) is 4.57. The molecule has 2 atom stereocenters. The van der Waals surface area contributed by atoms with Crippen LogP contribution < -0.4 is 0 Å². The highest BCUT2D eigenvalue weighted by atomic mass is 32.2. The lowest BCUT2D eigenvalue weighted by Gasteiger charge is -2.29. The number of benzene rings is 2. The molecular formula is C17H20O3S. The quantitative estimate of drug-likeness (QED) is 0.948. The molecule has 1 N–H and O–H groups in total. The summed E-state index contributed by atoms with van der Waals surface area (Å²) < 4.78 is 23.9. The Bertz CT molecular complexity index is 761. The molecule has 2 aromatic carbocycles. The number of hydrogen-bond acceptors (Lipinski definition) is 3. The van der Waals surface area contributed by atoms with Crippen LogP contribution in [0.1, 0.15) is 24.8 Å². The van der Waals surface area contributed by atoms with E-state index in [4.69, 9.17) is 0 Å². The van der Waals surface area contributed by atoms with Crippen LogP contribution in [0.2, 0.25) is 0 Å². The van der Waals surface area contributed by atoms with Gasteiger partial charge < -0.3 is 5.11 Å². The number of sulfone groups is 1. The lowest BCUT2D eigenvalue weighted by Crippen LogP contribution is -2.44. The molecule has 3 nitrogen and oxygen atoms in total. The summed E-state index contributed by atoms with van der Waals surface area (Å²) in [4.78, 5) is 0. The van der Waals surface area contributed by atoms with Gasteiger partial charge in [0, 0.05) is 12.7 Å². The fraction of sp³-hybridized carbons (Fsp3) is 0.412. The van der Waals surface area contributed by atoms with Crippen LogP contribution in [0.4, 0.5) is 0 Å². The molecule has 0 aromatic heterocycles. The summed E-state index contributed by atoms with van der Waals surface area (Å²) in [5.41, 5.74) is -0.122. The van der Waals surface area contributed by atoms with Gasteiger partial charge in [0.05, 0.1) is 10.9 Å². The Morgan fingerprint density at radius 2 is 1.90 bits per heavy atom. The van der Waals surface area contributed by atoms with Gasteiger partial charge in [-0.15, -0.1) is 0 Å². The van der Waals surface area contributed by atoms with E-state index in [1.54, 1.807) is 0 Å². The van der Waals surface area contributed by atoms with Gasteiger partial charge in [-0.25, -0.2) is 8.42 Å². The first-order valence-electron chi connectivity index (χ1n) is 7.28. The Labute approximate surface area is 125 Å². The van der Waals surface area contributed by atoms with Crippen molar-refractivity contribution < 1.29 is 13.5 Å². The predicted molar refractivity (Wildman–Crippen MR) is 85.1 cm³/mol. The second-order valence-corrected chi connectivity index (χ2v) is 8.36. The maximum Gasteiger partial charge on any atom is 0.153 e. The van der Waals surface area contributed by atoms with E-state index in [9.17, 15) is 13.5 Å². The van der Waals surface area contributed by atoms with Crippen LogP contribution in [0.25, 0.3) is 10.8 Å². The van der Waals surface area contributed by atoms with Crippen molar-refractivity contribution in [3.8, 4) is 0 Å². The first kappa shape index (κ1) is 14.5. The smallest absolute Gasteiger partial charge is 0.153 e. The minimum Gasteiger partial charge on any atom is -0.388 e. The summed E-state index contributed by atoms with van der Waals surface area (Å²) >= 11 is 0. The van der Waals surface area contributed by atoms with Crippen LogP contribution in [0.15, 0.2) is 42.5 Å². The van der Waals surface area contributed by atoms with E-state index in [2.05, 4.69) is 0 Å². The predicted octanol–water partition coefficient (Wildman–Crippen LogP) is 2.71. The molecule has 4 heteroatoms. The van der Waals surface area contributed by atoms with Crippen molar-refractivity contribution in [1.82, 2.24) is 0 Å². The second kappa shape index (κ2) is 5.11. The molecule has 0 radical (unpaired) electrons. The molecule has 3 rings (SSSR count). The molecule has 2 aromatic rings. The zero-order chi connectivity index (χ0) is 15.1. The summed E-state index contributed by atoms with van der Waals surface area (Å²) in [5.74, 6) is 0. The highest BCUT2D eigenvalue weighted by molar-refractivity contribution is 7.91. The van der Waals surface area contributed by atoms with Crippen LogP contribution in [0.3, 0.4) is 0 Å². The standard InChI is InChI=1S/C17H20O3S/c1-21(19,20)16-10-5-11-17(16,18)12-14-8-4-7-13-6-2-3-9-15(13)14/h2-4,6-9,16,18H,5,10-12H2,1H3. The van der Waals surface area contributed by atoms with E-state index >= 15 is 0 Å². The lowest BCUT2D eigenvalue weighted by atomic mass is 9.90. The van der Waals surface area contributed by atoms with Crippen molar-refractivity contribution >= 4 is 20.6 Å². The number of fused-ring (bicyclic) bond motifs is 1. The third-order valence-corrected chi connectivity index (χ3v) is 6.28. The van der Waals surface area contributed by atoms with Gasteiger partial charge in [-0.3, -0.25) is 0 Å². The van der Waals surface area contributed by atoms with E-state index < -0.39 is 20.7 Å². The molecule has 1 saturated carbocycles. The van der Waals surface area contributed by atoms with Gasteiger partial charge in [0.25, 0.3) is 0 Å². The maximum atomic E-state index is 11.9. The van der Waals surface area contributed by atoms with Gasteiger partial charge in [-0.2, -0.15) is 0 Å². The molecule has 0 bridgehead atoms. The molecule has 0 spiro atoms. The molecule has 0 saturated heterocycles. The zero-order valence-corrected chi connectivity index (χ0v) is 12.9. The molecular weight excluding hydrogens is 284 g/mol. The monoisotopic (exact) mass is 304 g/mol. The van der Waals surface area contributed by atoms with Gasteiger partial charge in [0.1, 0.15) is 0 Å². The fourth-order valence-corrected chi connectivity index (χ4v) is 5.21. The lowest BCUT2D eigenvalue weighted by molar-refractivity contribution is 0.0516. The van der Waals surface area contributed by atoms with Gasteiger partial charge in [0.2, 0.25) is 0 Å². The van der Waals surface area contributed by atoms with E-state index in [0.29, 0.717) is 19.3 Å². The van der Waals surface area contributed by atoms with Gasteiger partial charge in [-0.05, 0) is 35.6 Å². The molecule has 0 amide bonds. The first-order chi connectivity index (χ1) is 9.90.